The first kappa shape index (κ1) is 14.5. The van der Waals surface area contributed by atoms with E-state index in [-0.39, 0.29) is 5.91 Å². The molecule has 4 nitrogen and oxygen atoms in total. The number of carbonyl (C=O) groups is 1. The third-order valence-corrected chi connectivity index (χ3v) is 4.42. The number of thiophene rings is 1. The Hall–Kier alpha value is -2.40. The van der Waals surface area contributed by atoms with Gasteiger partial charge < -0.3 is 5.32 Å². The van der Waals surface area contributed by atoms with Crippen molar-refractivity contribution >= 4 is 22.9 Å². The molecule has 0 saturated heterocycles. The van der Waals surface area contributed by atoms with Crippen molar-refractivity contribution in [2.45, 2.75) is 20.8 Å². The number of rotatable bonds is 3. The van der Waals surface area contributed by atoms with Gasteiger partial charge in [-0.1, -0.05) is 23.8 Å². The Morgan fingerprint density at radius 2 is 1.86 bits per heavy atom. The second-order valence-corrected chi connectivity index (χ2v) is 6.17. The molecule has 2 aromatic heterocycles. The summed E-state index contributed by atoms with van der Waals surface area (Å²) in [6, 6.07) is 11.8. The SMILES string of the molecule is Cc1ccc(-n2nc(C)c(NC(=O)c3cccs3)c2C)cc1. The molecule has 0 unspecified atom stereocenters. The number of anilines is 1. The number of hydrogen-bond acceptors (Lipinski definition) is 3. The van der Waals surface area contributed by atoms with Gasteiger partial charge in [0.1, 0.15) is 0 Å². The molecule has 0 saturated carbocycles. The van der Waals surface area contributed by atoms with E-state index < -0.39 is 0 Å². The maximum absolute atomic E-state index is 12.2. The van der Waals surface area contributed by atoms with Crippen LogP contribution in [-0.4, -0.2) is 15.7 Å². The van der Waals surface area contributed by atoms with Crippen molar-refractivity contribution < 1.29 is 4.79 Å². The highest BCUT2D eigenvalue weighted by atomic mass is 32.1. The van der Waals surface area contributed by atoms with Gasteiger partial charge in [0.05, 0.1) is 27.6 Å². The van der Waals surface area contributed by atoms with Gasteiger partial charge in [0.2, 0.25) is 0 Å². The summed E-state index contributed by atoms with van der Waals surface area (Å²) in [4.78, 5) is 12.9. The smallest absolute Gasteiger partial charge is 0.265 e. The van der Waals surface area contributed by atoms with Crippen LogP contribution in [-0.2, 0) is 0 Å². The van der Waals surface area contributed by atoms with Crippen LogP contribution >= 0.6 is 11.3 Å². The van der Waals surface area contributed by atoms with Crippen LogP contribution in [0.5, 0.6) is 0 Å². The zero-order chi connectivity index (χ0) is 15.7. The van der Waals surface area contributed by atoms with Crippen molar-refractivity contribution in [3.05, 3.63) is 63.6 Å². The molecule has 3 rings (SSSR count). The summed E-state index contributed by atoms with van der Waals surface area (Å²) < 4.78 is 1.86. The zero-order valence-corrected chi connectivity index (χ0v) is 13.6. The lowest BCUT2D eigenvalue weighted by atomic mass is 10.2. The van der Waals surface area contributed by atoms with E-state index in [1.54, 1.807) is 0 Å². The van der Waals surface area contributed by atoms with Gasteiger partial charge in [-0.2, -0.15) is 5.10 Å². The summed E-state index contributed by atoms with van der Waals surface area (Å²) in [5.41, 5.74) is 4.70. The summed E-state index contributed by atoms with van der Waals surface area (Å²) >= 11 is 1.43. The maximum Gasteiger partial charge on any atom is 0.265 e. The van der Waals surface area contributed by atoms with Crippen molar-refractivity contribution in [3.8, 4) is 5.69 Å². The highest BCUT2D eigenvalue weighted by Crippen LogP contribution is 2.24. The predicted molar refractivity (Wildman–Crippen MR) is 90.0 cm³/mol. The normalized spacial score (nSPS) is 10.7. The van der Waals surface area contributed by atoms with E-state index in [0.29, 0.717) is 4.88 Å². The number of hydrogen-bond donors (Lipinski definition) is 1. The highest BCUT2D eigenvalue weighted by molar-refractivity contribution is 7.12. The summed E-state index contributed by atoms with van der Waals surface area (Å²) in [7, 11) is 0. The summed E-state index contributed by atoms with van der Waals surface area (Å²) in [5.74, 6) is -0.0929. The molecule has 5 heteroatoms. The first-order valence-electron chi connectivity index (χ1n) is 7.04. The Bertz CT molecular complexity index is 801. The second-order valence-electron chi connectivity index (χ2n) is 5.22. The van der Waals surface area contributed by atoms with Crippen LogP contribution in [0.1, 0.15) is 26.6 Å². The standard InChI is InChI=1S/C17H17N3OS/c1-11-6-8-14(9-7-11)20-13(3)16(12(2)19-20)18-17(21)15-5-4-10-22-15/h4-10H,1-3H3,(H,18,21). The molecule has 0 radical (unpaired) electrons. The predicted octanol–water partition coefficient (Wildman–Crippen LogP) is 4.11. The number of aromatic nitrogens is 2. The molecule has 0 fully saturated rings. The Kier molecular flexibility index (Phi) is 3.81. The van der Waals surface area contributed by atoms with E-state index >= 15 is 0 Å². The van der Waals surface area contributed by atoms with Gasteiger partial charge in [0.25, 0.3) is 5.91 Å². The number of carbonyl (C=O) groups excluding carboxylic acids is 1. The van der Waals surface area contributed by atoms with Crippen LogP contribution in [0.2, 0.25) is 0 Å². The minimum atomic E-state index is -0.0929. The Balaban J connectivity index is 1.93. The Morgan fingerprint density at radius 1 is 1.14 bits per heavy atom. The van der Waals surface area contributed by atoms with Gasteiger partial charge in [0.15, 0.2) is 0 Å². The molecule has 2 heterocycles. The van der Waals surface area contributed by atoms with E-state index in [9.17, 15) is 4.79 Å². The van der Waals surface area contributed by atoms with E-state index in [1.807, 2.05) is 48.2 Å². The van der Waals surface area contributed by atoms with E-state index in [4.69, 9.17) is 0 Å². The molecule has 0 aliphatic carbocycles. The molecule has 1 aromatic carbocycles. The first-order valence-corrected chi connectivity index (χ1v) is 7.92. The van der Waals surface area contributed by atoms with Crippen molar-refractivity contribution in [2.24, 2.45) is 0 Å². The summed E-state index contributed by atoms with van der Waals surface area (Å²) in [5, 5.41) is 9.41. The molecule has 0 spiro atoms. The molecular formula is C17H17N3OS. The van der Waals surface area contributed by atoms with Gasteiger partial charge >= 0.3 is 0 Å². The topological polar surface area (TPSA) is 46.9 Å². The molecule has 3 aromatic rings. The fraction of sp³-hybridized carbons (Fsp3) is 0.176. The number of amides is 1. The van der Waals surface area contributed by atoms with Gasteiger partial charge in [-0.05, 0) is 44.4 Å². The molecule has 1 N–H and O–H groups in total. The van der Waals surface area contributed by atoms with E-state index in [1.165, 1.54) is 16.9 Å². The van der Waals surface area contributed by atoms with E-state index in [0.717, 1.165) is 22.8 Å². The largest absolute Gasteiger partial charge is 0.318 e. The van der Waals surface area contributed by atoms with Crippen LogP contribution < -0.4 is 5.32 Å². The maximum atomic E-state index is 12.2. The van der Waals surface area contributed by atoms with Crippen LogP contribution in [0.3, 0.4) is 0 Å². The molecule has 0 bridgehead atoms. The monoisotopic (exact) mass is 311 g/mol. The molecule has 1 amide bonds. The minimum Gasteiger partial charge on any atom is -0.318 e. The lowest BCUT2D eigenvalue weighted by Gasteiger charge is -2.06. The molecule has 0 aliphatic heterocycles. The van der Waals surface area contributed by atoms with Crippen molar-refractivity contribution in [1.82, 2.24) is 9.78 Å². The van der Waals surface area contributed by atoms with Crippen LogP contribution in [0.4, 0.5) is 5.69 Å². The minimum absolute atomic E-state index is 0.0929. The number of nitrogens with zero attached hydrogens (tertiary/aromatic N) is 2. The van der Waals surface area contributed by atoms with Gasteiger partial charge in [-0.3, -0.25) is 4.79 Å². The Morgan fingerprint density at radius 3 is 2.50 bits per heavy atom. The Labute approximate surface area is 133 Å². The molecule has 0 atom stereocenters. The third kappa shape index (κ3) is 2.67. The number of nitrogens with one attached hydrogen (secondary N) is 1. The van der Waals surface area contributed by atoms with Crippen molar-refractivity contribution in [3.63, 3.8) is 0 Å². The van der Waals surface area contributed by atoms with E-state index in [2.05, 4.69) is 29.5 Å². The van der Waals surface area contributed by atoms with Gasteiger partial charge in [-0.25, -0.2) is 4.68 Å². The van der Waals surface area contributed by atoms with Gasteiger partial charge in [-0.15, -0.1) is 11.3 Å². The van der Waals surface area contributed by atoms with Crippen LogP contribution in [0.15, 0.2) is 41.8 Å². The van der Waals surface area contributed by atoms with Crippen molar-refractivity contribution in [2.75, 3.05) is 5.32 Å². The third-order valence-electron chi connectivity index (χ3n) is 3.55. The first-order chi connectivity index (χ1) is 10.6. The average Bonchev–Trinajstić information content (AvgIpc) is 3.12. The number of aryl methyl sites for hydroxylation is 2. The van der Waals surface area contributed by atoms with Crippen LogP contribution in [0.25, 0.3) is 5.69 Å². The van der Waals surface area contributed by atoms with Crippen molar-refractivity contribution in [1.29, 1.82) is 0 Å². The molecule has 112 valence electrons. The lowest BCUT2D eigenvalue weighted by molar-refractivity contribution is 0.103. The summed E-state index contributed by atoms with van der Waals surface area (Å²) in [6.07, 6.45) is 0. The summed E-state index contributed by atoms with van der Waals surface area (Å²) in [6.45, 7) is 5.92. The molecule has 22 heavy (non-hydrogen) atoms. The highest BCUT2D eigenvalue weighted by Gasteiger charge is 2.16. The van der Waals surface area contributed by atoms with Crippen LogP contribution in [0, 0.1) is 20.8 Å². The molecular weight excluding hydrogens is 294 g/mol. The fourth-order valence-corrected chi connectivity index (χ4v) is 2.96. The molecule has 0 aliphatic rings. The second kappa shape index (κ2) is 5.77. The fourth-order valence-electron chi connectivity index (χ4n) is 2.34. The van der Waals surface area contributed by atoms with Gasteiger partial charge in [0, 0.05) is 0 Å². The quantitative estimate of drug-likeness (QED) is 0.791. The average molecular weight is 311 g/mol. The lowest BCUT2D eigenvalue weighted by Crippen LogP contribution is -2.11. The zero-order valence-electron chi connectivity index (χ0n) is 12.8. The number of benzene rings is 1.